The molecule has 1 rings (SSSR count). The number of aromatic nitrogens is 2. The summed E-state index contributed by atoms with van der Waals surface area (Å²) in [6, 6.07) is 0.505. The van der Waals surface area contributed by atoms with Crippen molar-refractivity contribution in [3.05, 3.63) is 17.5 Å². The molecule has 4 nitrogen and oxygen atoms in total. The molecule has 0 spiro atoms. The summed E-state index contributed by atoms with van der Waals surface area (Å²) < 4.78 is 5.79. The molecular weight excluding hydrogens is 250 g/mol. The minimum Gasteiger partial charge on any atom is -0.460 e. The second-order valence-electron chi connectivity index (χ2n) is 5.32. The van der Waals surface area contributed by atoms with Crippen LogP contribution in [0.3, 0.4) is 0 Å². The van der Waals surface area contributed by atoms with Crippen LogP contribution in [0.2, 0.25) is 0 Å². The van der Waals surface area contributed by atoms with E-state index in [0.29, 0.717) is 6.01 Å². The van der Waals surface area contributed by atoms with E-state index < -0.39 is 0 Å². The summed E-state index contributed by atoms with van der Waals surface area (Å²) in [4.78, 5) is 8.74. The molecule has 0 aliphatic rings. The van der Waals surface area contributed by atoms with Crippen LogP contribution in [0.15, 0.2) is 6.20 Å². The normalized spacial score (nSPS) is 12.4. The van der Waals surface area contributed by atoms with Gasteiger partial charge >= 0.3 is 6.01 Å². The zero-order chi connectivity index (χ0) is 14.8. The molecule has 1 aromatic rings. The summed E-state index contributed by atoms with van der Waals surface area (Å²) >= 11 is 0. The van der Waals surface area contributed by atoms with E-state index in [1.54, 1.807) is 0 Å². The Hall–Kier alpha value is -1.16. The highest BCUT2D eigenvalue weighted by Gasteiger charge is 2.08. The van der Waals surface area contributed by atoms with Gasteiger partial charge in [-0.25, -0.2) is 9.97 Å². The summed E-state index contributed by atoms with van der Waals surface area (Å²) in [5.41, 5.74) is 2.13. The Morgan fingerprint density at radius 3 is 2.70 bits per heavy atom. The van der Waals surface area contributed by atoms with E-state index in [9.17, 15) is 0 Å². The Morgan fingerprint density at radius 1 is 1.25 bits per heavy atom. The van der Waals surface area contributed by atoms with Crippen LogP contribution in [-0.2, 0) is 6.54 Å². The predicted molar refractivity (Wildman–Crippen MR) is 83.0 cm³/mol. The summed E-state index contributed by atoms with van der Waals surface area (Å²) in [5, 5.41) is 3.28. The zero-order valence-electron chi connectivity index (χ0n) is 13.4. The lowest BCUT2D eigenvalue weighted by Crippen LogP contribution is -2.16. The van der Waals surface area contributed by atoms with E-state index in [4.69, 9.17) is 4.74 Å². The molecule has 1 atom stereocenters. The van der Waals surface area contributed by atoms with E-state index in [0.717, 1.165) is 30.8 Å². The van der Waals surface area contributed by atoms with Gasteiger partial charge in [0.2, 0.25) is 0 Å². The van der Waals surface area contributed by atoms with Gasteiger partial charge in [-0.3, -0.25) is 0 Å². The number of nitrogens with one attached hydrogen (secondary N) is 1. The fourth-order valence-corrected chi connectivity index (χ4v) is 2.06. The number of rotatable bonds is 10. The summed E-state index contributed by atoms with van der Waals surface area (Å²) in [6.45, 7) is 10.2. The van der Waals surface area contributed by atoms with Gasteiger partial charge in [0.05, 0.1) is 6.10 Å². The van der Waals surface area contributed by atoms with Crippen molar-refractivity contribution in [2.75, 3.05) is 6.54 Å². The molecule has 0 fully saturated rings. The SMILES string of the molecule is CCCCCCC(C)Oc1ncc(CNCC)c(C)n1. The molecule has 0 radical (unpaired) electrons. The topological polar surface area (TPSA) is 47.0 Å². The number of nitrogens with zero attached hydrogens (tertiary/aromatic N) is 2. The minimum absolute atomic E-state index is 0.186. The highest BCUT2D eigenvalue weighted by molar-refractivity contribution is 5.17. The maximum absolute atomic E-state index is 5.79. The Balaban J connectivity index is 2.41. The molecule has 0 amide bonds. The zero-order valence-corrected chi connectivity index (χ0v) is 13.4. The van der Waals surface area contributed by atoms with Crippen LogP contribution in [0.1, 0.15) is 64.1 Å². The largest absolute Gasteiger partial charge is 0.460 e. The van der Waals surface area contributed by atoms with Crippen molar-refractivity contribution >= 4 is 0 Å². The molecule has 1 N–H and O–H groups in total. The number of ether oxygens (including phenoxy) is 1. The fraction of sp³-hybridized carbons (Fsp3) is 0.750. The van der Waals surface area contributed by atoms with Crippen molar-refractivity contribution in [3.63, 3.8) is 0 Å². The first-order chi connectivity index (χ1) is 9.67. The van der Waals surface area contributed by atoms with Gasteiger partial charge in [0.1, 0.15) is 0 Å². The fourth-order valence-electron chi connectivity index (χ4n) is 2.06. The van der Waals surface area contributed by atoms with Gasteiger partial charge < -0.3 is 10.1 Å². The second-order valence-corrected chi connectivity index (χ2v) is 5.32. The molecular formula is C16H29N3O. The third kappa shape index (κ3) is 6.33. The lowest BCUT2D eigenvalue weighted by Gasteiger charge is -2.14. The molecule has 0 aliphatic heterocycles. The Labute approximate surface area is 123 Å². The van der Waals surface area contributed by atoms with Gasteiger partial charge in [-0.05, 0) is 33.2 Å². The van der Waals surface area contributed by atoms with Crippen molar-refractivity contribution in [1.29, 1.82) is 0 Å². The highest BCUT2D eigenvalue weighted by atomic mass is 16.5. The molecule has 0 saturated heterocycles. The van der Waals surface area contributed by atoms with Crippen LogP contribution >= 0.6 is 0 Å². The van der Waals surface area contributed by atoms with Crippen molar-refractivity contribution in [3.8, 4) is 6.01 Å². The Morgan fingerprint density at radius 2 is 2.05 bits per heavy atom. The van der Waals surface area contributed by atoms with Gasteiger partial charge in [-0.2, -0.15) is 0 Å². The first kappa shape index (κ1) is 16.9. The minimum atomic E-state index is 0.186. The van der Waals surface area contributed by atoms with Crippen LogP contribution in [-0.4, -0.2) is 22.6 Å². The van der Waals surface area contributed by atoms with Crippen molar-refractivity contribution < 1.29 is 4.74 Å². The maximum atomic E-state index is 5.79. The lowest BCUT2D eigenvalue weighted by molar-refractivity contribution is 0.189. The second kappa shape index (κ2) is 9.70. The van der Waals surface area contributed by atoms with E-state index in [1.165, 1.54) is 25.7 Å². The molecule has 114 valence electrons. The van der Waals surface area contributed by atoms with E-state index in [1.807, 2.05) is 13.1 Å². The number of hydrogen-bond donors (Lipinski definition) is 1. The molecule has 0 aromatic carbocycles. The van der Waals surface area contributed by atoms with Crippen molar-refractivity contribution in [1.82, 2.24) is 15.3 Å². The predicted octanol–water partition coefficient (Wildman–Crippen LogP) is 3.63. The maximum Gasteiger partial charge on any atom is 0.316 e. The Bertz CT molecular complexity index is 382. The quantitative estimate of drug-likeness (QED) is 0.664. The Kier molecular flexibility index (Phi) is 8.19. The van der Waals surface area contributed by atoms with Crippen molar-refractivity contribution in [2.45, 2.75) is 72.4 Å². The molecule has 0 aliphatic carbocycles. The lowest BCUT2D eigenvalue weighted by atomic mass is 10.1. The standard InChI is InChI=1S/C16H29N3O/c1-5-7-8-9-10-13(3)20-16-18-12-15(11-17-6-2)14(4)19-16/h12-13,17H,5-11H2,1-4H3. The molecule has 20 heavy (non-hydrogen) atoms. The van der Waals surface area contributed by atoms with Crippen LogP contribution in [0.5, 0.6) is 6.01 Å². The monoisotopic (exact) mass is 279 g/mol. The van der Waals surface area contributed by atoms with Crippen LogP contribution in [0, 0.1) is 6.92 Å². The molecule has 1 unspecified atom stereocenters. The number of hydrogen-bond acceptors (Lipinski definition) is 4. The van der Waals surface area contributed by atoms with Gasteiger partial charge in [-0.15, -0.1) is 0 Å². The average molecular weight is 279 g/mol. The van der Waals surface area contributed by atoms with Gasteiger partial charge in [0.25, 0.3) is 0 Å². The molecule has 0 bridgehead atoms. The first-order valence-corrected chi connectivity index (χ1v) is 7.87. The summed E-state index contributed by atoms with van der Waals surface area (Å²) in [5.74, 6) is 0. The molecule has 1 aromatic heterocycles. The number of aryl methyl sites for hydroxylation is 1. The summed E-state index contributed by atoms with van der Waals surface area (Å²) in [6.07, 6.45) is 8.20. The van der Waals surface area contributed by atoms with Crippen LogP contribution in [0.4, 0.5) is 0 Å². The molecule has 4 heteroatoms. The van der Waals surface area contributed by atoms with Gasteiger partial charge in [0, 0.05) is 24.0 Å². The van der Waals surface area contributed by atoms with Crippen LogP contribution < -0.4 is 10.1 Å². The van der Waals surface area contributed by atoms with Gasteiger partial charge in [0.15, 0.2) is 0 Å². The van der Waals surface area contributed by atoms with E-state index >= 15 is 0 Å². The third-order valence-electron chi connectivity index (χ3n) is 3.40. The first-order valence-electron chi connectivity index (χ1n) is 7.87. The average Bonchev–Trinajstić information content (AvgIpc) is 2.43. The summed E-state index contributed by atoms with van der Waals surface area (Å²) in [7, 11) is 0. The van der Waals surface area contributed by atoms with Crippen molar-refractivity contribution in [2.24, 2.45) is 0 Å². The highest BCUT2D eigenvalue weighted by Crippen LogP contribution is 2.13. The molecule has 1 heterocycles. The van der Waals surface area contributed by atoms with E-state index in [2.05, 4.69) is 36.1 Å². The van der Waals surface area contributed by atoms with Crippen LogP contribution in [0.25, 0.3) is 0 Å². The molecule has 0 saturated carbocycles. The van der Waals surface area contributed by atoms with E-state index in [-0.39, 0.29) is 6.10 Å². The third-order valence-corrected chi connectivity index (χ3v) is 3.40. The van der Waals surface area contributed by atoms with Gasteiger partial charge in [-0.1, -0.05) is 33.1 Å². The smallest absolute Gasteiger partial charge is 0.316 e. The number of unbranched alkanes of at least 4 members (excludes halogenated alkanes) is 3.